The molecule has 20 heavy (non-hydrogen) atoms. The largest absolute Gasteiger partial charge is 0.444 e. The van der Waals surface area contributed by atoms with Gasteiger partial charge in [0, 0.05) is 12.5 Å². The normalized spacial score (nSPS) is 11.3. The summed E-state index contributed by atoms with van der Waals surface area (Å²) in [5, 5.41) is 0. The van der Waals surface area contributed by atoms with Gasteiger partial charge < -0.3 is 14.7 Å². The van der Waals surface area contributed by atoms with Gasteiger partial charge in [-0.3, -0.25) is 0 Å². The minimum absolute atomic E-state index is 0.291. The SMILES string of the molecule is CCc1cnc(Cn2c(N)nc3cc(I)c(F)cc32)o1. The van der Waals surface area contributed by atoms with Crippen LogP contribution in [0.25, 0.3) is 11.0 Å². The van der Waals surface area contributed by atoms with Crippen LogP contribution in [0.1, 0.15) is 18.6 Å². The maximum Gasteiger partial charge on any atom is 0.214 e. The molecule has 2 N–H and O–H groups in total. The summed E-state index contributed by atoms with van der Waals surface area (Å²) >= 11 is 1.93. The predicted molar refractivity (Wildman–Crippen MR) is 81.8 cm³/mol. The van der Waals surface area contributed by atoms with Gasteiger partial charge in [-0.1, -0.05) is 6.92 Å². The lowest BCUT2D eigenvalue weighted by molar-refractivity contribution is 0.449. The van der Waals surface area contributed by atoms with Gasteiger partial charge in [0.15, 0.2) is 0 Å². The first-order chi connectivity index (χ1) is 9.58. The van der Waals surface area contributed by atoms with Crippen LogP contribution >= 0.6 is 22.6 Å². The third-order valence-electron chi connectivity index (χ3n) is 3.06. The first-order valence-corrected chi connectivity index (χ1v) is 7.20. The molecule has 0 bridgehead atoms. The Morgan fingerprint density at radius 2 is 2.25 bits per heavy atom. The van der Waals surface area contributed by atoms with Crippen LogP contribution in [-0.2, 0) is 13.0 Å². The molecule has 3 rings (SSSR count). The molecule has 1 aromatic carbocycles. The van der Waals surface area contributed by atoms with Crippen LogP contribution in [0.5, 0.6) is 0 Å². The van der Waals surface area contributed by atoms with Crippen molar-refractivity contribution >= 4 is 39.6 Å². The summed E-state index contributed by atoms with van der Waals surface area (Å²) < 4.78 is 21.5. The summed E-state index contributed by atoms with van der Waals surface area (Å²) in [7, 11) is 0. The molecule has 3 aromatic rings. The van der Waals surface area contributed by atoms with Crippen molar-refractivity contribution in [2.45, 2.75) is 19.9 Å². The van der Waals surface area contributed by atoms with Crippen LogP contribution in [0.2, 0.25) is 0 Å². The minimum Gasteiger partial charge on any atom is -0.444 e. The summed E-state index contributed by atoms with van der Waals surface area (Å²) in [5.41, 5.74) is 7.20. The van der Waals surface area contributed by atoms with E-state index in [2.05, 4.69) is 9.97 Å². The van der Waals surface area contributed by atoms with Gasteiger partial charge in [0.05, 0.1) is 20.8 Å². The Labute approximate surface area is 128 Å². The number of aryl methyl sites for hydroxylation is 1. The number of nitrogens with two attached hydrogens (primary N) is 1. The van der Waals surface area contributed by atoms with Crippen molar-refractivity contribution in [1.29, 1.82) is 0 Å². The number of rotatable bonds is 3. The highest BCUT2D eigenvalue weighted by molar-refractivity contribution is 14.1. The molecule has 0 aliphatic heterocycles. The van der Waals surface area contributed by atoms with Gasteiger partial charge in [-0.05, 0) is 28.7 Å². The fourth-order valence-electron chi connectivity index (χ4n) is 2.02. The van der Waals surface area contributed by atoms with Gasteiger partial charge in [-0.15, -0.1) is 0 Å². The number of anilines is 1. The molecule has 0 aliphatic carbocycles. The zero-order chi connectivity index (χ0) is 14.3. The lowest BCUT2D eigenvalue weighted by atomic mass is 10.3. The van der Waals surface area contributed by atoms with Gasteiger partial charge in [-0.25, -0.2) is 14.4 Å². The van der Waals surface area contributed by atoms with Crippen LogP contribution in [0, 0.1) is 9.39 Å². The number of hydrogen-bond acceptors (Lipinski definition) is 4. The number of benzene rings is 1. The van der Waals surface area contributed by atoms with E-state index >= 15 is 0 Å². The molecule has 0 radical (unpaired) electrons. The molecule has 0 unspecified atom stereocenters. The molecule has 0 atom stereocenters. The number of halogens is 2. The number of fused-ring (bicyclic) bond motifs is 1. The molecule has 0 saturated carbocycles. The van der Waals surface area contributed by atoms with Crippen molar-refractivity contribution in [2.24, 2.45) is 0 Å². The van der Waals surface area contributed by atoms with Crippen molar-refractivity contribution in [3.8, 4) is 0 Å². The van der Waals surface area contributed by atoms with Crippen LogP contribution in [0.15, 0.2) is 22.7 Å². The second-order valence-corrected chi connectivity index (χ2v) is 5.55. The van der Waals surface area contributed by atoms with E-state index in [1.165, 1.54) is 6.07 Å². The van der Waals surface area contributed by atoms with Gasteiger partial charge in [0.2, 0.25) is 11.8 Å². The molecular formula is C13H12FIN4O. The maximum absolute atomic E-state index is 13.7. The predicted octanol–water partition coefficient (Wildman–Crippen LogP) is 2.96. The monoisotopic (exact) mass is 386 g/mol. The number of aromatic nitrogens is 3. The van der Waals surface area contributed by atoms with Crippen LogP contribution in [0.4, 0.5) is 10.3 Å². The zero-order valence-electron chi connectivity index (χ0n) is 10.7. The van der Waals surface area contributed by atoms with Gasteiger partial charge in [-0.2, -0.15) is 0 Å². The Kier molecular flexibility index (Phi) is 3.36. The highest BCUT2D eigenvalue weighted by Crippen LogP contribution is 2.23. The molecule has 2 aromatic heterocycles. The quantitative estimate of drug-likeness (QED) is 0.703. The Hall–Kier alpha value is -1.64. The lowest BCUT2D eigenvalue weighted by Gasteiger charge is -2.03. The molecule has 7 heteroatoms. The molecular weight excluding hydrogens is 374 g/mol. The van der Waals surface area contributed by atoms with Crippen molar-refractivity contribution in [3.05, 3.63) is 39.4 Å². The van der Waals surface area contributed by atoms with E-state index < -0.39 is 0 Å². The molecule has 0 saturated heterocycles. The Morgan fingerprint density at radius 1 is 1.45 bits per heavy atom. The van der Waals surface area contributed by atoms with Crippen molar-refractivity contribution in [3.63, 3.8) is 0 Å². The average molecular weight is 386 g/mol. The third kappa shape index (κ3) is 2.26. The van der Waals surface area contributed by atoms with Crippen molar-refractivity contribution < 1.29 is 8.81 Å². The first-order valence-electron chi connectivity index (χ1n) is 6.12. The second kappa shape index (κ2) is 5.04. The smallest absolute Gasteiger partial charge is 0.214 e. The minimum atomic E-state index is -0.291. The highest BCUT2D eigenvalue weighted by Gasteiger charge is 2.14. The van der Waals surface area contributed by atoms with Gasteiger partial charge in [0.1, 0.15) is 18.1 Å². The Bertz CT molecular complexity index is 780. The molecule has 0 aliphatic rings. The molecule has 0 amide bonds. The van der Waals surface area contributed by atoms with E-state index in [1.54, 1.807) is 16.8 Å². The second-order valence-electron chi connectivity index (χ2n) is 4.39. The topological polar surface area (TPSA) is 69.9 Å². The first kappa shape index (κ1) is 13.3. The van der Waals surface area contributed by atoms with E-state index in [-0.39, 0.29) is 5.82 Å². The third-order valence-corrected chi connectivity index (χ3v) is 3.89. The molecule has 2 heterocycles. The molecule has 5 nitrogen and oxygen atoms in total. The van der Waals surface area contributed by atoms with E-state index in [9.17, 15) is 4.39 Å². The Balaban J connectivity index is 2.06. The summed E-state index contributed by atoms with van der Waals surface area (Å²) in [6, 6.07) is 3.11. The highest BCUT2D eigenvalue weighted by atomic mass is 127. The zero-order valence-corrected chi connectivity index (χ0v) is 12.9. The summed E-state index contributed by atoms with van der Waals surface area (Å²) in [6.07, 6.45) is 2.47. The van der Waals surface area contributed by atoms with Gasteiger partial charge in [0.25, 0.3) is 0 Å². The summed E-state index contributed by atoms with van der Waals surface area (Å²) in [4.78, 5) is 8.42. The van der Waals surface area contributed by atoms with E-state index in [1.807, 2.05) is 29.5 Å². The number of nitrogens with zero attached hydrogens (tertiary/aromatic N) is 3. The molecule has 104 valence electrons. The summed E-state index contributed by atoms with van der Waals surface area (Å²) in [6.45, 7) is 2.32. The van der Waals surface area contributed by atoms with E-state index in [0.717, 1.165) is 12.2 Å². The number of hydrogen-bond donors (Lipinski definition) is 1. The van der Waals surface area contributed by atoms with Crippen LogP contribution < -0.4 is 5.73 Å². The fourth-order valence-corrected chi connectivity index (χ4v) is 2.48. The molecule has 0 fully saturated rings. The maximum atomic E-state index is 13.7. The van der Waals surface area contributed by atoms with Crippen molar-refractivity contribution in [1.82, 2.24) is 14.5 Å². The van der Waals surface area contributed by atoms with E-state index in [4.69, 9.17) is 10.2 Å². The summed E-state index contributed by atoms with van der Waals surface area (Å²) in [5.74, 6) is 1.37. The lowest BCUT2D eigenvalue weighted by Crippen LogP contribution is -2.05. The Morgan fingerprint density at radius 3 is 2.95 bits per heavy atom. The van der Waals surface area contributed by atoms with Crippen molar-refractivity contribution in [2.75, 3.05) is 5.73 Å². The average Bonchev–Trinajstić information content (AvgIpc) is 2.98. The number of nitrogen functional groups attached to an aromatic ring is 1. The number of oxazole rings is 1. The van der Waals surface area contributed by atoms with Crippen LogP contribution in [-0.4, -0.2) is 14.5 Å². The van der Waals surface area contributed by atoms with E-state index in [0.29, 0.717) is 33.0 Å². The number of imidazole rings is 1. The van der Waals surface area contributed by atoms with Gasteiger partial charge >= 0.3 is 0 Å². The standard InChI is InChI=1S/C13H12FIN4O/c1-2-7-5-17-12(20-7)6-19-11-3-8(14)9(15)4-10(11)18-13(19)16/h3-5H,2,6H2,1H3,(H2,16,18). The fraction of sp³-hybridized carbons (Fsp3) is 0.231. The van der Waals surface area contributed by atoms with Crippen LogP contribution in [0.3, 0.4) is 0 Å². The molecule has 0 spiro atoms.